The fourth-order valence-corrected chi connectivity index (χ4v) is 4.02. The maximum Gasteiger partial charge on any atom is 0.254 e. The van der Waals surface area contributed by atoms with E-state index in [4.69, 9.17) is 11.6 Å². The normalized spacial score (nSPS) is 15.4. The van der Waals surface area contributed by atoms with Crippen LogP contribution in [0.5, 0.6) is 0 Å². The number of fused-ring (bicyclic) bond motifs is 1. The lowest BCUT2D eigenvalue weighted by atomic mass is 10.0. The first-order valence-electron chi connectivity index (χ1n) is 9.36. The number of aromatic amines is 1. The molecule has 1 aliphatic heterocycles. The van der Waals surface area contributed by atoms with Crippen LogP contribution in [0, 0.1) is 0 Å². The van der Waals surface area contributed by atoms with Gasteiger partial charge in [0.15, 0.2) is 0 Å². The molecule has 0 bridgehead atoms. The zero-order chi connectivity index (χ0) is 19.5. The molecule has 144 valence electrons. The number of piperidine rings is 1. The van der Waals surface area contributed by atoms with Crippen molar-refractivity contribution in [3.63, 3.8) is 0 Å². The molecule has 0 spiro atoms. The van der Waals surface area contributed by atoms with Crippen molar-refractivity contribution in [3.05, 3.63) is 68.8 Å². The van der Waals surface area contributed by atoms with E-state index in [1.165, 1.54) is 0 Å². The number of benzene rings is 2. The average Bonchev–Trinajstić information content (AvgIpc) is 3.06. The van der Waals surface area contributed by atoms with Gasteiger partial charge in [-0.2, -0.15) is 0 Å². The second-order valence-electron chi connectivity index (χ2n) is 6.99. The molecule has 3 aromatic rings. The maximum absolute atomic E-state index is 13.1. The summed E-state index contributed by atoms with van der Waals surface area (Å²) in [5.41, 5.74) is 3.44. The molecule has 3 N–H and O–H groups in total. The van der Waals surface area contributed by atoms with E-state index in [1.807, 2.05) is 54.6 Å². The number of aromatic nitrogens is 1. The summed E-state index contributed by atoms with van der Waals surface area (Å²) < 4.78 is 0.972. The molecule has 0 unspecified atom stereocenters. The van der Waals surface area contributed by atoms with Gasteiger partial charge in [0.05, 0.1) is 11.3 Å². The van der Waals surface area contributed by atoms with E-state index >= 15 is 0 Å². The number of hydrogen-bond acceptors (Lipinski definition) is 2. The fourth-order valence-electron chi connectivity index (χ4n) is 3.54. The topological polar surface area (TPSA) is 56.9 Å². The number of halogens is 2. The van der Waals surface area contributed by atoms with Gasteiger partial charge in [0, 0.05) is 26.4 Å². The van der Waals surface area contributed by atoms with Crippen LogP contribution in [0.3, 0.4) is 0 Å². The van der Waals surface area contributed by atoms with Gasteiger partial charge >= 0.3 is 0 Å². The van der Waals surface area contributed by atoms with Gasteiger partial charge in [-0.05, 0) is 61.8 Å². The summed E-state index contributed by atoms with van der Waals surface area (Å²) >= 11 is 9.47. The average molecular weight is 459 g/mol. The molecule has 28 heavy (non-hydrogen) atoms. The van der Waals surface area contributed by atoms with Crippen molar-refractivity contribution in [1.29, 1.82) is 0 Å². The van der Waals surface area contributed by atoms with Gasteiger partial charge in [-0.15, -0.1) is 0 Å². The summed E-state index contributed by atoms with van der Waals surface area (Å²) in [7, 11) is 0. The zero-order valence-corrected chi connectivity index (χ0v) is 17.6. The first kappa shape index (κ1) is 19.2. The Balaban J connectivity index is 1.69. The molecule has 0 atom stereocenters. The second kappa shape index (κ2) is 8.52. The predicted octanol–water partition coefficient (Wildman–Crippen LogP) is 5.24. The van der Waals surface area contributed by atoms with Gasteiger partial charge in [0.2, 0.25) is 0 Å². The SMILES string of the molecule is O=C(NC1CCNCC1)c1c(C=Cc2ccc(Cl)cc2)[nH]c2cc(Br)ccc12. The van der Waals surface area contributed by atoms with Gasteiger partial charge in [0.25, 0.3) is 5.91 Å². The third-order valence-corrected chi connectivity index (χ3v) is 5.75. The van der Waals surface area contributed by atoms with E-state index in [0.29, 0.717) is 10.6 Å². The molecule has 0 radical (unpaired) electrons. The Morgan fingerprint density at radius 2 is 1.86 bits per heavy atom. The first-order chi connectivity index (χ1) is 13.6. The van der Waals surface area contributed by atoms with E-state index in [1.54, 1.807) is 0 Å². The van der Waals surface area contributed by atoms with E-state index in [-0.39, 0.29) is 11.9 Å². The minimum atomic E-state index is -0.0313. The van der Waals surface area contributed by atoms with E-state index in [2.05, 4.69) is 31.5 Å². The number of H-pyrrole nitrogens is 1. The molecular formula is C22H21BrClN3O. The van der Waals surface area contributed by atoms with Crippen molar-refractivity contribution in [2.45, 2.75) is 18.9 Å². The summed E-state index contributed by atoms with van der Waals surface area (Å²) in [6.45, 7) is 1.88. The molecule has 2 heterocycles. The van der Waals surface area contributed by atoms with Gasteiger partial charge in [-0.25, -0.2) is 0 Å². The number of carbonyl (C=O) groups excluding carboxylic acids is 1. The first-order valence-corrected chi connectivity index (χ1v) is 10.5. The Morgan fingerprint density at radius 3 is 2.61 bits per heavy atom. The Hall–Kier alpha value is -2.08. The van der Waals surface area contributed by atoms with Crippen LogP contribution in [0.25, 0.3) is 23.1 Å². The molecule has 0 saturated carbocycles. The summed E-state index contributed by atoms with van der Waals surface area (Å²) in [5, 5.41) is 8.17. The van der Waals surface area contributed by atoms with Crippen molar-refractivity contribution in [3.8, 4) is 0 Å². The Bertz CT molecular complexity index is 1020. The van der Waals surface area contributed by atoms with Crippen LogP contribution in [0.1, 0.15) is 34.5 Å². The quantitative estimate of drug-likeness (QED) is 0.501. The lowest BCUT2D eigenvalue weighted by Crippen LogP contribution is -2.42. The van der Waals surface area contributed by atoms with Gasteiger partial charge in [0.1, 0.15) is 0 Å². The summed E-state index contributed by atoms with van der Waals surface area (Å²) in [4.78, 5) is 16.5. The lowest BCUT2D eigenvalue weighted by molar-refractivity contribution is 0.0931. The summed E-state index contributed by atoms with van der Waals surface area (Å²) in [6, 6.07) is 13.8. The van der Waals surface area contributed by atoms with Crippen molar-refractivity contribution in [1.82, 2.24) is 15.6 Å². The molecule has 1 aliphatic rings. The number of nitrogens with one attached hydrogen (secondary N) is 3. The smallest absolute Gasteiger partial charge is 0.254 e. The third kappa shape index (κ3) is 4.32. The van der Waals surface area contributed by atoms with E-state index in [9.17, 15) is 4.79 Å². The van der Waals surface area contributed by atoms with Crippen LogP contribution in [-0.2, 0) is 0 Å². The molecule has 4 nitrogen and oxygen atoms in total. The molecule has 1 saturated heterocycles. The molecule has 1 amide bonds. The number of carbonyl (C=O) groups is 1. The fraction of sp³-hybridized carbons (Fsp3) is 0.227. The zero-order valence-electron chi connectivity index (χ0n) is 15.3. The van der Waals surface area contributed by atoms with Crippen molar-refractivity contribution < 1.29 is 4.79 Å². The van der Waals surface area contributed by atoms with Crippen LogP contribution >= 0.6 is 27.5 Å². The molecular weight excluding hydrogens is 438 g/mol. The molecule has 1 aromatic heterocycles. The van der Waals surface area contributed by atoms with Crippen LogP contribution in [0.4, 0.5) is 0 Å². The minimum Gasteiger partial charge on any atom is -0.354 e. The number of rotatable bonds is 4. The largest absolute Gasteiger partial charge is 0.354 e. The maximum atomic E-state index is 13.1. The highest BCUT2D eigenvalue weighted by Crippen LogP contribution is 2.27. The van der Waals surface area contributed by atoms with E-state index in [0.717, 1.165) is 52.6 Å². The highest BCUT2D eigenvalue weighted by atomic mass is 79.9. The van der Waals surface area contributed by atoms with Crippen LogP contribution in [0.15, 0.2) is 46.9 Å². The van der Waals surface area contributed by atoms with Gasteiger partial charge < -0.3 is 15.6 Å². The number of hydrogen-bond donors (Lipinski definition) is 3. The molecule has 1 fully saturated rings. The highest BCUT2D eigenvalue weighted by molar-refractivity contribution is 9.10. The molecule has 2 aromatic carbocycles. The molecule has 0 aliphatic carbocycles. The van der Waals surface area contributed by atoms with Crippen LogP contribution < -0.4 is 10.6 Å². The lowest BCUT2D eigenvalue weighted by Gasteiger charge is -2.23. The van der Waals surface area contributed by atoms with Crippen LogP contribution in [0.2, 0.25) is 5.02 Å². The van der Waals surface area contributed by atoms with Gasteiger partial charge in [-0.3, -0.25) is 4.79 Å². The monoisotopic (exact) mass is 457 g/mol. The second-order valence-corrected chi connectivity index (χ2v) is 8.34. The van der Waals surface area contributed by atoms with Crippen molar-refractivity contribution in [2.24, 2.45) is 0 Å². The minimum absolute atomic E-state index is 0.0313. The summed E-state index contributed by atoms with van der Waals surface area (Å²) in [6.07, 6.45) is 5.84. The van der Waals surface area contributed by atoms with E-state index < -0.39 is 0 Å². The third-order valence-electron chi connectivity index (χ3n) is 5.00. The standard InChI is InChI=1S/C22H21BrClN3O/c23-15-4-7-18-20(13-15)27-19(8-3-14-1-5-16(24)6-2-14)21(18)22(28)26-17-9-11-25-12-10-17/h1-8,13,17,25,27H,9-12H2,(H,26,28). The van der Waals surface area contributed by atoms with Crippen molar-refractivity contribution in [2.75, 3.05) is 13.1 Å². The Kier molecular flexibility index (Phi) is 5.85. The Morgan fingerprint density at radius 1 is 1.11 bits per heavy atom. The molecule has 4 rings (SSSR count). The Labute approximate surface area is 177 Å². The van der Waals surface area contributed by atoms with Gasteiger partial charge in [-0.1, -0.05) is 51.8 Å². The van der Waals surface area contributed by atoms with Crippen molar-refractivity contribution >= 4 is 56.5 Å². The summed E-state index contributed by atoms with van der Waals surface area (Å²) in [5.74, 6) is -0.0313. The molecule has 6 heteroatoms. The number of amides is 1. The highest BCUT2D eigenvalue weighted by Gasteiger charge is 2.21. The predicted molar refractivity (Wildman–Crippen MR) is 120 cm³/mol. The van der Waals surface area contributed by atoms with Crippen LogP contribution in [-0.4, -0.2) is 30.0 Å².